The number of aromatic nitrogens is 5. The van der Waals surface area contributed by atoms with Crippen LogP contribution in [0.3, 0.4) is 0 Å². The third-order valence-electron chi connectivity index (χ3n) is 9.08. The van der Waals surface area contributed by atoms with Gasteiger partial charge in [-0.2, -0.15) is 0 Å². The molecule has 1 atom stereocenters. The van der Waals surface area contributed by atoms with Crippen LogP contribution in [0, 0.1) is 18.6 Å². The first-order valence-electron chi connectivity index (χ1n) is 16.8. The molecule has 264 valence electrons. The minimum Gasteiger partial charge on any atom is -0.376 e. The second kappa shape index (κ2) is 13.7. The van der Waals surface area contributed by atoms with E-state index >= 15 is 8.78 Å². The van der Waals surface area contributed by atoms with Gasteiger partial charge in [0.2, 0.25) is 5.95 Å². The van der Waals surface area contributed by atoms with Crippen LogP contribution in [0.1, 0.15) is 58.1 Å². The Labute approximate surface area is 285 Å². The molecular weight excluding hydrogens is 653 g/mol. The summed E-state index contributed by atoms with van der Waals surface area (Å²) in [5, 5.41) is 12.8. The van der Waals surface area contributed by atoms with E-state index in [0.717, 1.165) is 37.0 Å². The van der Waals surface area contributed by atoms with E-state index in [9.17, 15) is 9.67 Å². The third kappa shape index (κ3) is 7.13. The zero-order valence-electron chi connectivity index (χ0n) is 29.0. The van der Waals surface area contributed by atoms with Gasteiger partial charge >= 0.3 is 7.60 Å². The summed E-state index contributed by atoms with van der Waals surface area (Å²) in [6.07, 6.45) is 2.14. The van der Waals surface area contributed by atoms with Crippen molar-refractivity contribution in [3.63, 3.8) is 0 Å². The predicted molar refractivity (Wildman–Crippen MR) is 184 cm³/mol. The summed E-state index contributed by atoms with van der Waals surface area (Å²) < 4.78 is 56.4. The van der Waals surface area contributed by atoms with E-state index in [0.29, 0.717) is 43.2 Å². The van der Waals surface area contributed by atoms with Crippen molar-refractivity contribution in [2.75, 3.05) is 51.3 Å². The lowest BCUT2D eigenvalue weighted by Gasteiger charge is -2.32. The van der Waals surface area contributed by atoms with Crippen LogP contribution in [0.2, 0.25) is 0 Å². The molecule has 0 aliphatic carbocycles. The summed E-state index contributed by atoms with van der Waals surface area (Å²) in [4.78, 5) is 22.2. The molecule has 1 aromatic carbocycles. The highest BCUT2D eigenvalue weighted by atomic mass is 31.2. The molecule has 0 radical (unpaired) electrons. The largest absolute Gasteiger partial charge is 0.376 e. The molecule has 5 heterocycles. The Morgan fingerprint density at radius 2 is 1.76 bits per heavy atom. The molecule has 2 N–H and O–H groups in total. The number of rotatable bonds is 11. The Kier molecular flexibility index (Phi) is 9.93. The van der Waals surface area contributed by atoms with Gasteiger partial charge in [-0.25, -0.2) is 28.7 Å². The van der Waals surface area contributed by atoms with Gasteiger partial charge in [0, 0.05) is 68.9 Å². The van der Waals surface area contributed by atoms with Crippen molar-refractivity contribution in [3.05, 3.63) is 59.2 Å². The molecule has 6 rings (SSSR count). The summed E-state index contributed by atoms with van der Waals surface area (Å²) in [6, 6.07) is 6.82. The fourth-order valence-corrected chi connectivity index (χ4v) is 8.86. The monoisotopic (exact) mass is 698 g/mol. The molecule has 0 amide bonds. The van der Waals surface area contributed by atoms with Gasteiger partial charge in [0.05, 0.1) is 24.9 Å². The van der Waals surface area contributed by atoms with Crippen molar-refractivity contribution in [2.45, 2.75) is 71.8 Å². The molecule has 49 heavy (non-hydrogen) atoms. The molecule has 1 saturated heterocycles. The van der Waals surface area contributed by atoms with Crippen LogP contribution < -0.4 is 5.32 Å². The summed E-state index contributed by atoms with van der Waals surface area (Å²) in [7, 11) is -3.64. The van der Waals surface area contributed by atoms with Gasteiger partial charge in [0.1, 0.15) is 22.9 Å². The molecule has 15 heteroatoms. The van der Waals surface area contributed by atoms with E-state index in [1.54, 1.807) is 19.9 Å². The number of anilines is 2. The topological polar surface area (TPSA) is 131 Å². The van der Waals surface area contributed by atoms with Gasteiger partial charge in [-0.1, -0.05) is 6.07 Å². The predicted octanol–water partition coefficient (Wildman–Crippen LogP) is 5.99. The zero-order chi connectivity index (χ0) is 35.1. The van der Waals surface area contributed by atoms with E-state index in [1.165, 1.54) is 6.07 Å². The molecule has 3 aromatic heterocycles. The highest BCUT2D eigenvalue weighted by Gasteiger charge is 2.53. The Morgan fingerprint density at radius 3 is 2.47 bits per heavy atom. The Hall–Kier alpha value is -3.39. The lowest BCUT2D eigenvalue weighted by Crippen LogP contribution is -2.40. The zero-order valence-corrected chi connectivity index (χ0v) is 29.9. The number of imidazole rings is 1. The van der Waals surface area contributed by atoms with Crippen LogP contribution in [0.5, 0.6) is 0 Å². The molecule has 12 nitrogen and oxygen atoms in total. The first-order chi connectivity index (χ1) is 23.2. The van der Waals surface area contributed by atoms with E-state index in [-0.39, 0.29) is 48.0 Å². The summed E-state index contributed by atoms with van der Waals surface area (Å²) in [5.41, 5.74) is 2.74. The number of β-amino-alcohol motifs (C(OH)–C–C–N with tert-alkyl or cyclic N) is 1. The van der Waals surface area contributed by atoms with Crippen molar-refractivity contribution < 1.29 is 27.5 Å². The number of fused-ring (bicyclic) bond motifs is 2. The maximum Gasteiger partial charge on any atom is 0.363 e. The van der Waals surface area contributed by atoms with Crippen LogP contribution >= 0.6 is 7.60 Å². The molecule has 0 spiro atoms. The first-order valence-corrected chi connectivity index (χ1v) is 18.3. The number of hydrogen-bond donors (Lipinski definition) is 2. The SMILES string of the molecule is CCOP(=O)(OCC)[C@@]1(O)CCN(CCN2CCc3nc(Nc4ncc(F)c(-c5cc(F)c6nc(C)n(C(C)(C)C)c6c5)n4)ccc3C2)C1. The van der Waals surface area contributed by atoms with Crippen molar-refractivity contribution in [1.82, 2.24) is 34.3 Å². The second-order valence-corrected chi connectivity index (χ2v) is 16.0. The number of nitrogens with one attached hydrogen (secondary N) is 1. The maximum atomic E-state index is 15.2. The molecule has 0 saturated carbocycles. The van der Waals surface area contributed by atoms with E-state index in [1.807, 2.05) is 44.4 Å². The van der Waals surface area contributed by atoms with E-state index in [2.05, 4.69) is 30.1 Å². The number of hydrogen-bond acceptors (Lipinski definition) is 11. The van der Waals surface area contributed by atoms with Crippen LogP contribution in [-0.2, 0) is 32.1 Å². The van der Waals surface area contributed by atoms with Crippen LogP contribution in [0.25, 0.3) is 22.3 Å². The van der Waals surface area contributed by atoms with Gasteiger partial charge in [0.15, 0.2) is 17.0 Å². The third-order valence-corrected chi connectivity index (χ3v) is 11.7. The number of halogens is 2. The Bertz CT molecular complexity index is 1890. The molecular formula is C34H45F2N8O4P. The fourth-order valence-electron chi connectivity index (χ4n) is 6.88. The summed E-state index contributed by atoms with van der Waals surface area (Å²) in [5.74, 6) is 0.118. The van der Waals surface area contributed by atoms with Crippen LogP contribution in [0.15, 0.2) is 30.5 Å². The van der Waals surface area contributed by atoms with Gasteiger partial charge in [-0.15, -0.1) is 0 Å². The molecule has 0 bridgehead atoms. The van der Waals surface area contributed by atoms with Crippen LogP contribution in [0.4, 0.5) is 20.5 Å². The second-order valence-electron chi connectivity index (χ2n) is 13.7. The number of pyridine rings is 1. The normalized spacial score (nSPS) is 19.1. The van der Waals surface area contributed by atoms with Crippen molar-refractivity contribution in [2.24, 2.45) is 0 Å². The number of aliphatic hydroxyl groups is 1. The fraction of sp³-hybridized carbons (Fsp3) is 0.529. The van der Waals surface area contributed by atoms with Crippen molar-refractivity contribution in [1.29, 1.82) is 0 Å². The number of aryl methyl sites for hydroxylation is 1. The standard InChI is InChI=1S/C34H45F2N8O4P/c1-7-47-49(46,48-8-2)34(45)12-14-43(21-34)16-15-42-13-11-27-23(20-42)9-10-29(39-27)40-32-37-19-26(36)30(41-32)24-17-25(35)31-28(18-24)44(22(3)38-31)33(4,5)6/h9-10,17-19,45H,7-8,11-16,20-21H2,1-6H3,(H,37,39,40,41)/t34-/m0/s1. The molecule has 0 unspecified atom stereocenters. The van der Waals surface area contributed by atoms with Gasteiger partial charge in [0.25, 0.3) is 0 Å². The molecule has 2 aliphatic rings. The summed E-state index contributed by atoms with van der Waals surface area (Å²) in [6.45, 7) is 15.6. The van der Waals surface area contributed by atoms with Gasteiger partial charge in [-0.3, -0.25) is 14.4 Å². The smallest absolute Gasteiger partial charge is 0.363 e. The molecule has 4 aromatic rings. The lowest BCUT2D eigenvalue weighted by atomic mass is 10.1. The lowest BCUT2D eigenvalue weighted by molar-refractivity contribution is 0.0717. The average molecular weight is 699 g/mol. The number of benzene rings is 1. The first kappa shape index (κ1) is 35.4. The van der Waals surface area contributed by atoms with Gasteiger partial charge < -0.3 is 24.0 Å². The number of likely N-dealkylation sites (tertiary alicyclic amines) is 1. The minimum absolute atomic E-state index is 0.0266. The van der Waals surface area contributed by atoms with Crippen LogP contribution in [-0.4, -0.2) is 90.7 Å². The highest BCUT2D eigenvalue weighted by molar-refractivity contribution is 7.55. The Morgan fingerprint density at radius 1 is 1.02 bits per heavy atom. The van der Waals surface area contributed by atoms with Gasteiger partial charge in [-0.05, 0) is 65.3 Å². The average Bonchev–Trinajstić information content (AvgIpc) is 3.61. The molecule has 2 aliphatic heterocycles. The summed E-state index contributed by atoms with van der Waals surface area (Å²) >= 11 is 0. The van der Waals surface area contributed by atoms with E-state index < -0.39 is 24.6 Å². The highest BCUT2D eigenvalue weighted by Crippen LogP contribution is 2.61. The van der Waals surface area contributed by atoms with Crippen molar-refractivity contribution in [3.8, 4) is 11.3 Å². The minimum atomic E-state index is -3.64. The Balaban J connectivity index is 1.12. The molecule has 1 fully saturated rings. The quantitative estimate of drug-likeness (QED) is 0.179. The maximum absolute atomic E-state index is 15.2. The van der Waals surface area contributed by atoms with E-state index in [4.69, 9.17) is 14.0 Å². The number of nitrogens with zero attached hydrogens (tertiary/aromatic N) is 7. The van der Waals surface area contributed by atoms with Crippen molar-refractivity contribution >= 4 is 30.4 Å².